The second kappa shape index (κ2) is 5.30. The van der Waals surface area contributed by atoms with Crippen molar-refractivity contribution in [3.8, 4) is 5.75 Å². The molecule has 1 unspecified atom stereocenters. The van der Waals surface area contributed by atoms with Crippen LogP contribution in [0.25, 0.3) is 0 Å². The van der Waals surface area contributed by atoms with Crippen LogP contribution in [0.15, 0.2) is 24.3 Å². The average Bonchev–Trinajstić information content (AvgIpc) is 2.21. The Morgan fingerprint density at radius 1 is 1.31 bits per heavy atom. The summed E-state index contributed by atoms with van der Waals surface area (Å²) >= 11 is 0. The van der Waals surface area contributed by atoms with E-state index in [1.54, 1.807) is 19.1 Å². The first-order valence-electron chi connectivity index (χ1n) is 5.08. The number of aromatic hydroxyl groups is 1. The maximum atomic E-state index is 11.5. The Morgan fingerprint density at radius 3 is 2.38 bits per heavy atom. The summed E-state index contributed by atoms with van der Waals surface area (Å²) in [5.74, 6) is -0.318. The number of benzene rings is 1. The number of carbonyl (C=O) groups excluding carboxylic acids is 2. The minimum atomic E-state index is -0.267. The first-order valence-corrected chi connectivity index (χ1v) is 5.08. The van der Waals surface area contributed by atoms with Gasteiger partial charge in [0, 0.05) is 18.0 Å². The number of phenolic OH excluding ortho intramolecular Hbond substituents is 1. The topological polar surface area (TPSA) is 66.4 Å². The first kappa shape index (κ1) is 12.2. The lowest BCUT2D eigenvalue weighted by Gasteiger charge is -2.08. The van der Waals surface area contributed by atoms with Crippen LogP contribution < -0.4 is 5.32 Å². The van der Waals surface area contributed by atoms with Gasteiger partial charge in [-0.1, -0.05) is 6.92 Å². The molecule has 1 amide bonds. The molecule has 1 aromatic carbocycles. The van der Waals surface area contributed by atoms with Crippen molar-refractivity contribution >= 4 is 17.4 Å². The minimum Gasteiger partial charge on any atom is -0.508 e. The highest BCUT2D eigenvalue weighted by atomic mass is 16.3. The van der Waals surface area contributed by atoms with Crippen molar-refractivity contribution in [2.24, 2.45) is 5.92 Å². The number of phenols is 1. The fourth-order valence-corrected chi connectivity index (χ4v) is 1.18. The highest BCUT2D eigenvalue weighted by molar-refractivity contribution is 5.93. The van der Waals surface area contributed by atoms with Gasteiger partial charge in [0.15, 0.2) is 0 Å². The first-order chi connectivity index (χ1) is 7.49. The van der Waals surface area contributed by atoms with E-state index in [1.807, 2.05) is 0 Å². The number of nitrogens with one attached hydrogen (secondary N) is 1. The zero-order valence-corrected chi connectivity index (χ0v) is 9.36. The molecule has 0 bridgehead atoms. The molecule has 0 aliphatic rings. The molecule has 0 aromatic heterocycles. The zero-order chi connectivity index (χ0) is 12.1. The van der Waals surface area contributed by atoms with Crippen molar-refractivity contribution in [2.75, 3.05) is 5.32 Å². The molecule has 4 heteroatoms. The number of ketones is 1. The Labute approximate surface area is 94.3 Å². The standard InChI is InChI=1S/C12H15NO3/c1-8(9(2)14)7-12(16)13-10-3-5-11(15)6-4-10/h3-6,8,15H,7H2,1-2H3,(H,13,16). The number of hydrogen-bond acceptors (Lipinski definition) is 3. The molecular weight excluding hydrogens is 206 g/mol. The van der Waals surface area contributed by atoms with Crippen molar-refractivity contribution < 1.29 is 14.7 Å². The summed E-state index contributed by atoms with van der Waals surface area (Å²) in [6.07, 6.45) is 0.177. The molecule has 86 valence electrons. The predicted octanol–water partition coefficient (Wildman–Crippen LogP) is 1.95. The monoisotopic (exact) mass is 221 g/mol. The molecule has 1 atom stereocenters. The van der Waals surface area contributed by atoms with Crippen LogP contribution in [0.4, 0.5) is 5.69 Å². The summed E-state index contributed by atoms with van der Waals surface area (Å²) in [7, 11) is 0. The van der Waals surface area contributed by atoms with Gasteiger partial charge in [-0.3, -0.25) is 9.59 Å². The van der Waals surface area contributed by atoms with E-state index in [2.05, 4.69) is 5.32 Å². The third kappa shape index (κ3) is 3.73. The Balaban J connectivity index is 2.52. The predicted molar refractivity (Wildman–Crippen MR) is 61.2 cm³/mol. The number of carbonyl (C=O) groups is 2. The van der Waals surface area contributed by atoms with Gasteiger partial charge in [-0.25, -0.2) is 0 Å². The smallest absolute Gasteiger partial charge is 0.225 e. The second-order valence-corrected chi connectivity index (χ2v) is 3.81. The highest BCUT2D eigenvalue weighted by Gasteiger charge is 2.12. The number of Topliss-reactive ketones (excluding diaryl/α,β-unsaturated/α-hetero) is 1. The Morgan fingerprint density at radius 2 is 1.88 bits per heavy atom. The molecule has 16 heavy (non-hydrogen) atoms. The molecule has 0 aliphatic carbocycles. The molecule has 0 saturated heterocycles. The molecular formula is C12H15NO3. The van der Waals surface area contributed by atoms with Crippen LogP contribution in [0.3, 0.4) is 0 Å². The lowest BCUT2D eigenvalue weighted by molar-refractivity contribution is -0.124. The van der Waals surface area contributed by atoms with Gasteiger partial charge in [0.1, 0.15) is 11.5 Å². The van der Waals surface area contributed by atoms with Crippen LogP contribution in [0.1, 0.15) is 20.3 Å². The second-order valence-electron chi connectivity index (χ2n) is 3.81. The highest BCUT2D eigenvalue weighted by Crippen LogP contribution is 2.14. The zero-order valence-electron chi connectivity index (χ0n) is 9.36. The fraction of sp³-hybridized carbons (Fsp3) is 0.333. The van der Waals surface area contributed by atoms with Crippen LogP contribution in [0, 0.1) is 5.92 Å². The van der Waals surface area contributed by atoms with Gasteiger partial charge in [-0.05, 0) is 31.2 Å². The van der Waals surface area contributed by atoms with E-state index in [1.165, 1.54) is 19.1 Å². The van der Waals surface area contributed by atoms with E-state index in [0.717, 1.165) is 0 Å². The summed E-state index contributed by atoms with van der Waals surface area (Å²) in [5.41, 5.74) is 0.610. The number of amides is 1. The van der Waals surface area contributed by atoms with E-state index >= 15 is 0 Å². The molecule has 1 aromatic rings. The molecule has 0 fully saturated rings. The van der Waals surface area contributed by atoms with Gasteiger partial charge < -0.3 is 10.4 Å². The molecule has 0 radical (unpaired) electrons. The van der Waals surface area contributed by atoms with Crippen LogP contribution in [0.5, 0.6) is 5.75 Å². The Hall–Kier alpha value is -1.84. The van der Waals surface area contributed by atoms with Crippen molar-refractivity contribution in [1.82, 2.24) is 0 Å². The largest absolute Gasteiger partial charge is 0.508 e. The van der Waals surface area contributed by atoms with Crippen molar-refractivity contribution in [2.45, 2.75) is 20.3 Å². The van der Waals surface area contributed by atoms with E-state index in [4.69, 9.17) is 5.11 Å². The van der Waals surface area contributed by atoms with Crippen molar-refractivity contribution in [3.63, 3.8) is 0 Å². The van der Waals surface area contributed by atoms with Gasteiger partial charge in [-0.15, -0.1) is 0 Å². The summed E-state index contributed by atoms with van der Waals surface area (Å²) in [4.78, 5) is 22.4. The van der Waals surface area contributed by atoms with Gasteiger partial charge in [-0.2, -0.15) is 0 Å². The number of hydrogen-bond donors (Lipinski definition) is 2. The van der Waals surface area contributed by atoms with Crippen LogP contribution in [-0.4, -0.2) is 16.8 Å². The average molecular weight is 221 g/mol. The maximum absolute atomic E-state index is 11.5. The SMILES string of the molecule is CC(=O)C(C)CC(=O)Nc1ccc(O)cc1. The van der Waals surface area contributed by atoms with Gasteiger partial charge in [0.05, 0.1) is 0 Å². The van der Waals surface area contributed by atoms with Crippen molar-refractivity contribution in [1.29, 1.82) is 0 Å². The van der Waals surface area contributed by atoms with E-state index in [-0.39, 0.29) is 29.8 Å². The molecule has 4 nitrogen and oxygen atoms in total. The summed E-state index contributed by atoms with van der Waals surface area (Å²) in [5, 5.41) is 11.7. The van der Waals surface area contributed by atoms with Crippen molar-refractivity contribution in [3.05, 3.63) is 24.3 Å². The summed E-state index contributed by atoms with van der Waals surface area (Å²) < 4.78 is 0. The summed E-state index contributed by atoms with van der Waals surface area (Å²) in [6, 6.07) is 6.19. The Kier molecular flexibility index (Phi) is 4.05. The minimum absolute atomic E-state index is 0.000793. The molecule has 2 N–H and O–H groups in total. The molecule has 1 rings (SSSR count). The molecule has 0 spiro atoms. The lowest BCUT2D eigenvalue weighted by Crippen LogP contribution is -2.18. The van der Waals surface area contributed by atoms with Gasteiger partial charge >= 0.3 is 0 Å². The van der Waals surface area contributed by atoms with Crippen LogP contribution in [0.2, 0.25) is 0 Å². The third-order valence-electron chi connectivity index (χ3n) is 2.34. The molecule has 0 saturated carbocycles. The number of anilines is 1. The quantitative estimate of drug-likeness (QED) is 0.763. The third-order valence-corrected chi connectivity index (χ3v) is 2.34. The Bertz CT molecular complexity index is 384. The van der Waals surface area contributed by atoms with E-state index in [0.29, 0.717) is 5.69 Å². The fourth-order valence-electron chi connectivity index (χ4n) is 1.18. The van der Waals surface area contributed by atoms with Gasteiger partial charge in [0.25, 0.3) is 0 Å². The summed E-state index contributed by atoms with van der Waals surface area (Å²) in [6.45, 7) is 3.19. The van der Waals surface area contributed by atoms with E-state index < -0.39 is 0 Å². The lowest BCUT2D eigenvalue weighted by atomic mass is 10.0. The molecule has 0 heterocycles. The normalized spacial score (nSPS) is 11.9. The van der Waals surface area contributed by atoms with Crippen LogP contribution >= 0.6 is 0 Å². The maximum Gasteiger partial charge on any atom is 0.225 e. The van der Waals surface area contributed by atoms with E-state index in [9.17, 15) is 9.59 Å². The van der Waals surface area contributed by atoms with Gasteiger partial charge in [0.2, 0.25) is 5.91 Å². The number of rotatable bonds is 4. The van der Waals surface area contributed by atoms with Crippen LogP contribution in [-0.2, 0) is 9.59 Å². The molecule has 0 aliphatic heterocycles.